The van der Waals surface area contributed by atoms with Gasteiger partial charge in [0, 0.05) is 12.8 Å². The molecule has 0 spiro atoms. The van der Waals surface area contributed by atoms with E-state index in [4.69, 9.17) is 4.74 Å². The molecule has 0 amide bonds. The fourth-order valence-corrected chi connectivity index (χ4v) is 9.59. The molecule has 178 valence electrons. The highest BCUT2D eigenvalue weighted by Gasteiger charge is 2.63. The Morgan fingerprint density at radius 2 is 1.68 bits per heavy atom. The van der Waals surface area contributed by atoms with Gasteiger partial charge in [0.25, 0.3) is 0 Å². The highest BCUT2D eigenvalue weighted by atomic mass is 16.5. The van der Waals surface area contributed by atoms with E-state index in [1.807, 2.05) is 0 Å². The highest BCUT2D eigenvalue weighted by Crippen LogP contribution is 2.68. The van der Waals surface area contributed by atoms with Crippen LogP contribution in [-0.2, 0) is 9.53 Å². The SMILES string of the molecule is CC(=O)O[C@@H]1C[C@H]2CCCC[C@]2(C)[C@@H]2CC[C@]3(C)[C@H](CC[C@H]3[C@H](C)CCCC(C)C)[C@@H]21. The van der Waals surface area contributed by atoms with Crippen molar-refractivity contribution in [1.82, 2.24) is 0 Å². The van der Waals surface area contributed by atoms with Crippen LogP contribution in [0.3, 0.4) is 0 Å². The minimum atomic E-state index is -0.0490. The second-order valence-electron chi connectivity index (χ2n) is 13.2. The Morgan fingerprint density at radius 3 is 2.39 bits per heavy atom. The molecule has 0 aromatic carbocycles. The summed E-state index contributed by atoms with van der Waals surface area (Å²) in [6.45, 7) is 14.2. The van der Waals surface area contributed by atoms with E-state index in [0.717, 1.165) is 41.9 Å². The van der Waals surface area contributed by atoms with Crippen LogP contribution in [0.15, 0.2) is 0 Å². The number of hydrogen-bond donors (Lipinski definition) is 0. The number of carbonyl (C=O) groups excluding carboxylic acids is 1. The van der Waals surface area contributed by atoms with Gasteiger partial charge in [-0.1, -0.05) is 66.7 Å². The van der Waals surface area contributed by atoms with Crippen LogP contribution in [0, 0.1) is 52.3 Å². The van der Waals surface area contributed by atoms with Crippen molar-refractivity contribution in [3.8, 4) is 0 Å². The van der Waals surface area contributed by atoms with E-state index < -0.39 is 0 Å². The monoisotopic (exact) mass is 430 g/mol. The molecule has 0 aromatic rings. The predicted octanol–water partition coefficient (Wildman–Crippen LogP) is 8.04. The minimum Gasteiger partial charge on any atom is -0.462 e. The molecule has 0 N–H and O–H groups in total. The van der Waals surface area contributed by atoms with Crippen molar-refractivity contribution in [2.45, 2.75) is 125 Å². The van der Waals surface area contributed by atoms with E-state index in [0.29, 0.717) is 16.7 Å². The van der Waals surface area contributed by atoms with E-state index in [9.17, 15) is 4.79 Å². The third-order valence-corrected chi connectivity index (χ3v) is 11.1. The summed E-state index contributed by atoms with van der Waals surface area (Å²) < 4.78 is 6.16. The average Bonchev–Trinajstić information content (AvgIpc) is 3.04. The van der Waals surface area contributed by atoms with Crippen molar-refractivity contribution in [2.75, 3.05) is 0 Å². The van der Waals surface area contributed by atoms with E-state index in [2.05, 4.69) is 34.6 Å². The van der Waals surface area contributed by atoms with E-state index >= 15 is 0 Å². The molecule has 0 aliphatic heterocycles. The molecule has 4 aliphatic carbocycles. The van der Waals surface area contributed by atoms with Crippen LogP contribution in [0.25, 0.3) is 0 Å². The summed E-state index contributed by atoms with van der Waals surface area (Å²) in [6.07, 6.45) is 16.6. The van der Waals surface area contributed by atoms with Crippen molar-refractivity contribution in [2.24, 2.45) is 52.3 Å². The summed E-state index contributed by atoms with van der Waals surface area (Å²) in [4.78, 5) is 12.1. The number of rotatable bonds is 6. The molecule has 4 rings (SSSR count). The highest BCUT2D eigenvalue weighted by molar-refractivity contribution is 5.66. The topological polar surface area (TPSA) is 26.3 Å². The van der Waals surface area contributed by atoms with Crippen LogP contribution in [0.1, 0.15) is 119 Å². The first-order valence-corrected chi connectivity index (χ1v) is 13.8. The summed E-state index contributed by atoms with van der Waals surface area (Å²) in [5.74, 6) is 5.37. The molecule has 0 radical (unpaired) electrons. The summed E-state index contributed by atoms with van der Waals surface area (Å²) in [5.41, 5.74) is 0.941. The zero-order valence-electron chi connectivity index (χ0n) is 21.4. The minimum absolute atomic E-state index is 0.0490. The van der Waals surface area contributed by atoms with Gasteiger partial charge in [-0.25, -0.2) is 0 Å². The second kappa shape index (κ2) is 9.02. The Morgan fingerprint density at radius 1 is 0.935 bits per heavy atom. The third-order valence-electron chi connectivity index (χ3n) is 11.1. The first-order chi connectivity index (χ1) is 14.7. The first kappa shape index (κ1) is 23.6. The Hall–Kier alpha value is -0.530. The number of ether oxygens (including phenoxy) is 1. The van der Waals surface area contributed by atoms with Gasteiger partial charge in [0.1, 0.15) is 6.10 Å². The number of esters is 1. The standard InChI is InChI=1S/C29H50O2/c1-19(2)10-9-11-20(3)23-13-14-24-27-25(15-17-29(23,24)6)28(5)16-8-7-12-22(28)18-26(27)31-21(4)30/h19-20,22-27H,7-18H2,1-6H3/t20-,22-,23+,24-,25-,26-,27+,28+,29+/m1/s1. The Bertz CT molecular complexity index is 641. The maximum Gasteiger partial charge on any atom is 0.302 e. The van der Waals surface area contributed by atoms with Gasteiger partial charge in [-0.15, -0.1) is 0 Å². The van der Waals surface area contributed by atoms with Crippen molar-refractivity contribution in [1.29, 1.82) is 0 Å². The van der Waals surface area contributed by atoms with Gasteiger partial charge in [0.05, 0.1) is 0 Å². The van der Waals surface area contributed by atoms with Crippen molar-refractivity contribution >= 4 is 5.97 Å². The molecule has 0 unspecified atom stereocenters. The molecule has 4 aliphatic rings. The fourth-order valence-electron chi connectivity index (χ4n) is 9.59. The molecule has 9 atom stereocenters. The molecule has 0 aromatic heterocycles. The van der Waals surface area contributed by atoms with Crippen LogP contribution in [0.2, 0.25) is 0 Å². The molecule has 4 saturated carbocycles. The largest absolute Gasteiger partial charge is 0.462 e. The Labute approximate surface area is 192 Å². The second-order valence-corrected chi connectivity index (χ2v) is 13.2. The van der Waals surface area contributed by atoms with Crippen molar-refractivity contribution < 1.29 is 9.53 Å². The molecule has 31 heavy (non-hydrogen) atoms. The summed E-state index contributed by atoms with van der Waals surface area (Å²) in [5, 5.41) is 0. The molecular weight excluding hydrogens is 380 g/mol. The molecule has 0 heterocycles. The molecule has 4 fully saturated rings. The van der Waals surface area contributed by atoms with Crippen LogP contribution >= 0.6 is 0 Å². The number of hydrogen-bond acceptors (Lipinski definition) is 2. The molecule has 0 bridgehead atoms. The lowest BCUT2D eigenvalue weighted by atomic mass is 9.44. The lowest BCUT2D eigenvalue weighted by Crippen LogP contribution is -2.58. The maximum absolute atomic E-state index is 12.1. The third kappa shape index (κ3) is 4.23. The first-order valence-electron chi connectivity index (χ1n) is 13.8. The van der Waals surface area contributed by atoms with Crippen molar-refractivity contribution in [3.63, 3.8) is 0 Å². The van der Waals surface area contributed by atoms with Gasteiger partial charge < -0.3 is 4.74 Å². The average molecular weight is 431 g/mol. The maximum atomic E-state index is 12.1. The lowest BCUT2D eigenvalue weighted by Gasteiger charge is -2.62. The van der Waals surface area contributed by atoms with E-state index in [1.54, 1.807) is 6.92 Å². The summed E-state index contributed by atoms with van der Waals surface area (Å²) in [6, 6.07) is 0. The van der Waals surface area contributed by atoms with Gasteiger partial charge in [0.15, 0.2) is 0 Å². The van der Waals surface area contributed by atoms with Crippen LogP contribution < -0.4 is 0 Å². The van der Waals surface area contributed by atoms with Gasteiger partial charge in [0.2, 0.25) is 0 Å². The van der Waals surface area contributed by atoms with Crippen LogP contribution in [0.4, 0.5) is 0 Å². The van der Waals surface area contributed by atoms with E-state index in [-0.39, 0.29) is 12.1 Å². The fraction of sp³-hybridized carbons (Fsp3) is 0.966. The number of carbonyl (C=O) groups is 1. The van der Waals surface area contributed by atoms with Gasteiger partial charge >= 0.3 is 5.97 Å². The predicted molar refractivity (Wildman–Crippen MR) is 129 cm³/mol. The molecular formula is C29H50O2. The molecule has 2 nitrogen and oxygen atoms in total. The molecule has 0 saturated heterocycles. The molecule has 2 heteroatoms. The van der Waals surface area contributed by atoms with Crippen LogP contribution in [-0.4, -0.2) is 12.1 Å². The smallest absolute Gasteiger partial charge is 0.302 e. The summed E-state index contributed by atoms with van der Waals surface area (Å²) in [7, 11) is 0. The van der Waals surface area contributed by atoms with Crippen molar-refractivity contribution in [3.05, 3.63) is 0 Å². The zero-order chi connectivity index (χ0) is 22.4. The normalized spacial score (nSPS) is 45.5. The van der Waals surface area contributed by atoms with E-state index in [1.165, 1.54) is 70.6 Å². The quantitative estimate of drug-likeness (QED) is 0.398. The van der Waals surface area contributed by atoms with Gasteiger partial charge in [-0.3, -0.25) is 4.79 Å². The Balaban J connectivity index is 1.57. The van der Waals surface area contributed by atoms with Gasteiger partial charge in [-0.2, -0.15) is 0 Å². The summed E-state index contributed by atoms with van der Waals surface area (Å²) >= 11 is 0. The zero-order valence-corrected chi connectivity index (χ0v) is 21.4. The van der Waals surface area contributed by atoms with Gasteiger partial charge in [-0.05, 0) is 91.3 Å². The van der Waals surface area contributed by atoms with Crippen LogP contribution in [0.5, 0.6) is 0 Å². The lowest BCUT2D eigenvalue weighted by molar-refractivity contribution is -0.189. The Kier molecular flexibility index (Phi) is 6.87. The number of fused-ring (bicyclic) bond motifs is 5.